The zero-order chi connectivity index (χ0) is 16.7. The van der Waals surface area contributed by atoms with Gasteiger partial charge >= 0.3 is 17.9 Å². The van der Waals surface area contributed by atoms with Crippen molar-refractivity contribution in [2.24, 2.45) is 0 Å². The largest absolute Gasteiger partial charge is 0.447 e. The summed E-state index contributed by atoms with van der Waals surface area (Å²) in [4.78, 5) is 45.0. The van der Waals surface area contributed by atoms with Crippen molar-refractivity contribution in [1.29, 1.82) is 0 Å². The van der Waals surface area contributed by atoms with Gasteiger partial charge in [-0.3, -0.25) is 4.79 Å². The highest BCUT2D eigenvalue weighted by atomic mass is 17.2. The molecule has 1 saturated carbocycles. The van der Waals surface area contributed by atoms with Crippen LogP contribution >= 0.6 is 0 Å². The number of esters is 1. The van der Waals surface area contributed by atoms with Gasteiger partial charge in [0.25, 0.3) is 0 Å². The number of carbonyl (C=O) groups is 3. The maximum Gasteiger partial charge on any atom is 0.398 e. The Balaban J connectivity index is 2.00. The van der Waals surface area contributed by atoms with Crippen molar-refractivity contribution in [3.63, 3.8) is 0 Å². The summed E-state index contributed by atoms with van der Waals surface area (Å²) in [5.41, 5.74) is -1.08. The van der Waals surface area contributed by atoms with Crippen molar-refractivity contribution in [1.82, 2.24) is 0 Å². The van der Waals surface area contributed by atoms with Crippen LogP contribution < -0.4 is 0 Å². The number of benzene rings is 1. The Hall–Kier alpha value is -2.37. The Morgan fingerprint density at radius 3 is 2.26 bits per heavy atom. The van der Waals surface area contributed by atoms with Crippen LogP contribution in [0.4, 0.5) is 0 Å². The van der Waals surface area contributed by atoms with Crippen molar-refractivity contribution < 1.29 is 28.9 Å². The smallest absolute Gasteiger partial charge is 0.398 e. The minimum Gasteiger partial charge on any atom is -0.447 e. The Kier molecular flexibility index (Phi) is 5.73. The van der Waals surface area contributed by atoms with E-state index in [4.69, 9.17) is 4.74 Å². The van der Waals surface area contributed by atoms with Gasteiger partial charge in [0.05, 0.1) is 5.56 Å². The molecule has 0 atom stereocenters. The second kappa shape index (κ2) is 7.76. The molecule has 1 aromatic carbocycles. The van der Waals surface area contributed by atoms with Crippen LogP contribution in [0.3, 0.4) is 0 Å². The molecule has 23 heavy (non-hydrogen) atoms. The maximum absolute atomic E-state index is 12.3. The van der Waals surface area contributed by atoms with Crippen LogP contribution in [0.2, 0.25) is 0 Å². The van der Waals surface area contributed by atoms with E-state index in [2.05, 4.69) is 9.78 Å². The lowest BCUT2D eigenvalue weighted by atomic mass is 9.84. The molecule has 0 radical (unpaired) electrons. The lowest BCUT2D eigenvalue weighted by molar-refractivity contribution is -0.255. The zero-order valence-electron chi connectivity index (χ0n) is 13.1. The minimum absolute atomic E-state index is 0.166. The van der Waals surface area contributed by atoms with Crippen molar-refractivity contribution in [2.75, 3.05) is 0 Å². The molecule has 0 saturated heterocycles. The van der Waals surface area contributed by atoms with Crippen LogP contribution in [0, 0.1) is 0 Å². The van der Waals surface area contributed by atoms with E-state index in [1.165, 1.54) is 0 Å². The van der Waals surface area contributed by atoms with Gasteiger partial charge in [0.2, 0.25) is 5.60 Å². The van der Waals surface area contributed by atoms with Crippen LogP contribution in [-0.2, 0) is 24.1 Å². The molecular weight excluding hydrogens is 300 g/mol. The Morgan fingerprint density at radius 2 is 1.65 bits per heavy atom. The second-order valence-corrected chi connectivity index (χ2v) is 5.49. The molecule has 6 heteroatoms. The lowest BCUT2D eigenvalue weighted by Gasteiger charge is -2.33. The fourth-order valence-electron chi connectivity index (χ4n) is 2.53. The molecule has 6 nitrogen and oxygen atoms in total. The SMILES string of the molecule is CCC(=O)OC1(C(=O)OOC(=O)c2ccccc2)CCCCC1. The molecule has 0 heterocycles. The molecule has 0 N–H and O–H groups in total. The van der Waals surface area contributed by atoms with E-state index >= 15 is 0 Å². The summed E-state index contributed by atoms with van der Waals surface area (Å²) in [6.07, 6.45) is 3.37. The van der Waals surface area contributed by atoms with E-state index in [1.54, 1.807) is 37.3 Å². The van der Waals surface area contributed by atoms with Crippen molar-refractivity contribution in [2.45, 2.75) is 51.0 Å². The van der Waals surface area contributed by atoms with Gasteiger partial charge in [0, 0.05) is 6.42 Å². The molecule has 124 valence electrons. The van der Waals surface area contributed by atoms with Gasteiger partial charge in [-0.1, -0.05) is 31.5 Å². The zero-order valence-corrected chi connectivity index (χ0v) is 13.1. The van der Waals surface area contributed by atoms with Gasteiger partial charge in [-0.25, -0.2) is 19.4 Å². The molecule has 0 amide bonds. The van der Waals surface area contributed by atoms with Gasteiger partial charge in [-0.2, -0.15) is 0 Å². The maximum atomic E-state index is 12.3. The summed E-state index contributed by atoms with van der Waals surface area (Å²) in [6, 6.07) is 8.19. The third kappa shape index (κ3) is 4.31. The molecule has 0 spiro atoms. The normalized spacial score (nSPS) is 16.2. The Labute approximate surface area is 134 Å². The molecule has 0 bridgehead atoms. The number of carbonyl (C=O) groups excluding carboxylic acids is 3. The van der Waals surface area contributed by atoms with E-state index in [-0.39, 0.29) is 12.0 Å². The Morgan fingerprint density at radius 1 is 1.00 bits per heavy atom. The first kappa shape index (κ1) is 17.0. The van der Waals surface area contributed by atoms with E-state index in [9.17, 15) is 14.4 Å². The number of hydrogen-bond donors (Lipinski definition) is 0. The highest BCUT2D eigenvalue weighted by Crippen LogP contribution is 2.33. The number of ether oxygens (including phenoxy) is 1. The summed E-state index contributed by atoms with van der Waals surface area (Å²) in [5, 5.41) is 0. The number of hydrogen-bond acceptors (Lipinski definition) is 6. The van der Waals surface area contributed by atoms with Crippen LogP contribution in [0.25, 0.3) is 0 Å². The Bertz CT molecular complexity index is 560. The van der Waals surface area contributed by atoms with E-state index in [1.807, 2.05) is 0 Å². The van der Waals surface area contributed by atoms with E-state index < -0.39 is 23.5 Å². The van der Waals surface area contributed by atoms with Crippen LogP contribution in [0.1, 0.15) is 55.8 Å². The molecule has 1 aliphatic rings. The third-order valence-electron chi connectivity index (χ3n) is 3.83. The molecule has 0 aromatic heterocycles. The van der Waals surface area contributed by atoms with Crippen molar-refractivity contribution in [3.05, 3.63) is 35.9 Å². The predicted molar refractivity (Wildman–Crippen MR) is 80.1 cm³/mol. The topological polar surface area (TPSA) is 78.9 Å². The first-order valence-electron chi connectivity index (χ1n) is 7.77. The lowest BCUT2D eigenvalue weighted by Crippen LogP contribution is -2.46. The quantitative estimate of drug-likeness (QED) is 0.482. The molecule has 0 aliphatic heterocycles. The predicted octanol–water partition coefficient (Wildman–Crippen LogP) is 2.96. The highest BCUT2D eigenvalue weighted by molar-refractivity contribution is 5.90. The van der Waals surface area contributed by atoms with Crippen molar-refractivity contribution in [3.8, 4) is 0 Å². The molecule has 1 aromatic rings. The summed E-state index contributed by atoms with van der Waals surface area (Å²) in [7, 11) is 0. The highest BCUT2D eigenvalue weighted by Gasteiger charge is 2.46. The van der Waals surface area contributed by atoms with Crippen LogP contribution in [-0.4, -0.2) is 23.5 Å². The minimum atomic E-state index is -1.34. The molecule has 0 unspecified atom stereocenters. The summed E-state index contributed by atoms with van der Waals surface area (Å²) >= 11 is 0. The van der Waals surface area contributed by atoms with Gasteiger partial charge in [0.15, 0.2) is 0 Å². The fourth-order valence-corrected chi connectivity index (χ4v) is 2.53. The van der Waals surface area contributed by atoms with Gasteiger partial charge < -0.3 is 4.74 Å². The molecular formula is C17H20O6. The van der Waals surface area contributed by atoms with Gasteiger partial charge in [0.1, 0.15) is 0 Å². The monoisotopic (exact) mass is 320 g/mol. The average molecular weight is 320 g/mol. The van der Waals surface area contributed by atoms with Gasteiger partial charge in [-0.15, -0.1) is 0 Å². The fraction of sp³-hybridized carbons (Fsp3) is 0.471. The second-order valence-electron chi connectivity index (χ2n) is 5.49. The van der Waals surface area contributed by atoms with Crippen LogP contribution in [0.15, 0.2) is 30.3 Å². The van der Waals surface area contributed by atoms with Crippen molar-refractivity contribution >= 4 is 17.9 Å². The summed E-state index contributed by atoms with van der Waals surface area (Å²) in [6.45, 7) is 1.65. The average Bonchev–Trinajstić information content (AvgIpc) is 2.60. The summed E-state index contributed by atoms with van der Waals surface area (Å²) in [5.74, 6) is -2.08. The van der Waals surface area contributed by atoms with E-state index in [0.29, 0.717) is 12.8 Å². The molecule has 2 rings (SSSR count). The molecule has 1 aliphatic carbocycles. The van der Waals surface area contributed by atoms with Crippen LogP contribution in [0.5, 0.6) is 0 Å². The first-order valence-corrected chi connectivity index (χ1v) is 7.77. The van der Waals surface area contributed by atoms with Gasteiger partial charge in [-0.05, 0) is 37.8 Å². The number of rotatable bonds is 4. The third-order valence-corrected chi connectivity index (χ3v) is 3.83. The first-order chi connectivity index (χ1) is 11.1. The summed E-state index contributed by atoms with van der Waals surface area (Å²) < 4.78 is 5.32. The molecule has 1 fully saturated rings. The standard InChI is InChI=1S/C17H20O6/c1-2-14(18)21-17(11-7-4-8-12-17)16(20)23-22-15(19)13-9-5-3-6-10-13/h3,5-6,9-10H,2,4,7-8,11-12H2,1H3. The van der Waals surface area contributed by atoms with E-state index in [0.717, 1.165) is 19.3 Å².